The summed E-state index contributed by atoms with van der Waals surface area (Å²) >= 11 is 0. The van der Waals surface area contributed by atoms with Gasteiger partial charge in [-0.05, 0) is 86.6 Å². The van der Waals surface area contributed by atoms with Crippen molar-refractivity contribution < 1.29 is 36.6 Å². The molecule has 0 saturated heterocycles. The van der Waals surface area contributed by atoms with E-state index in [0.717, 1.165) is 35.3 Å². The summed E-state index contributed by atoms with van der Waals surface area (Å²) in [5.74, 6) is -0.970. The number of rotatable bonds is 15. The van der Waals surface area contributed by atoms with Crippen molar-refractivity contribution in [1.82, 2.24) is 14.6 Å². The number of carbonyl (C=O) groups is 1. The molecule has 0 radical (unpaired) electrons. The molecule has 0 amide bonds. The van der Waals surface area contributed by atoms with Crippen LogP contribution in [-0.4, -0.2) is 65.7 Å². The van der Waals surface area contributed by atoms with Gasteiger partial charge in [0.15, 0.2) is 0 Å². The van der Waals surface area contributed by atoms with Gasteiger partial charge in [0.05, 0.1) is 16.6 Å². The van der Waals surface area contributed by atoms with Crippen LogP contribution in [0.1, 0.15) is 49.9 Å². The van der Waals surface area contributed by atoms with Crippen LogP contribution in [0.15, 0.2) is 71.8 Å². The van der Waals surface area contributed by atoms with Crippen LogP contribution in [0, 0.1) is 0 Å². The Kier molecular flexibility index (Phi) is 11.5. The number of halogens is 3. The third kappa shape index (κ3) is 10.4. The van der Waals surface area contributed by atoms with E-state index < -0.39 is 38.7 Å². The number of pyridine rings is 1. The van der Waals surface area contributed by atoms with Crippen LogP contribution >= 0.6 is 0 Å². The number of nitrogens with one attached hydrogen (secondary N) is 1. The lowest BCUT2D eigenvalue weighted by Crippen LogP contribution is -2.46. The van der Waals surface area contributed by atoms with Gasteiger partial charge in [0.25, 0.3) is 0 Å². The van der Waals surface area contributed by atoms with Gasteiger partial charge < -0.3 is 15.5 Å². The van der Waals surface area contributed by atoms with E-state index in [0.29, 0.717) is 17.2 Å². The molecule has 12 heteroatoms. The number of carboxylic acid groups (broad SMARTS) is 1. The first-order valence-corrected chi connectivity index (χ1v) is 15.3. The SMILES string of the molecule is CN(CC(O)CNC(C)(C)CCCc1ccccn1)S(=O)(=O)c1cc(-c2ccc(CCC(=O)O)cc2)cc(C(F)(F)F)c1. The Morgan fingerprint density at radius 1 is 1.02 bits per heavy atom. The van der Waals surface area contributed by atoms with Gasteiger partial charge in [-0.3, -0.25) is 9.78 Å². The lowest BCUT2D eigenvalue weighted by Gasteiger charge is -2.29. The highest BCUT2D eigenvalue weighted by Crippen LogP contribution is 2.35. The fraction of sp³-hybridized carbons (Fsp3) is 0.419. The van der Waals surface area contributed by atoms with E-state index in [-0.39, 0.29) is 37.0 Å². The Morgan fingerprint density at radius 3 is 2.33 bits per heavy atom. The Balaban J connectivity index is 1.69. The summed E-state index contributed by atoms with van der Waals surface area (Å²) < 4.78 is 69.0. The van der Waals surface area contributed by atoms with Gasteiger partial charge in [0.1, 0.15) is 0 Å². The first-order valence-electron chi connectivity index (χ1n) is 13.9. The normalized spacial score (nSPS) is 13.3. The van der Waals surface area contributed by atoms with Gasteiger partial charge in [-0.25, -0.2) is 8.42 Å². The minimum atomic E-state index is -4.80. The van der Waals surface area contributed by atoms with Gasteiger partial charge in [-0.1, -0.05) is 30.3 Å². The maximum absolute atomic E-state index is 13.8. The molecule has 43 heavy (non-hydrogen) atoms. The number of β-amino-alcohol motifs (C(OH)–C–C–N with tert-alkyl or cyclic N) is 1. The van der Waals surface area contributed by atoms with Crippen LogP contribution in [0.3, 0.4) is 0 Å². The molecule has 3 N–H and O–H groups in total. The van der Waals surface area contributed by atoms with Crippen LogP contribution in [0.2, 0.25) is 0 Å². The standard InChI is InChI=1S/C31H38F3N3O5S/c1-30(2,15-6-8-26-7-4-5-16-35-26)36-20-27(38)21-37(3)43(41,42)28-18-24(17-25(19-28)31(32,33)34)23-12-9-22(10-13-23)11-14-29(39)40/h4-5,7,9-10,12-13,16-19,27,36,38H,6,8,11,14-15,20-21H2,1-3H3,(H,39,40). The third-order valence-electron chi connectivity index (χ3n) is 7.10. The highest BCUT2D eigenvalue weighted by molar-refractivity contribution is 7.89. The number of aliphatic hydroxyl groups excluding tert-OH is 1. The number of alkyl halides is 3. The van der Waals surface area contributed by atoms with Crippen LogP contribution in [0.4, 0.5) is 13.2 Å². The first-order chi connectivity index (χ1) is 20.1. The number of sulfonamides is 1. The molecule has 0 saturated carbocycles. The zero-order valence-electron chi connectivity index (χ0n) is 24.4. The van der Waals surface area contributed by atoms with Crippen molar-refractivity contribution in [3.05, 3.63) is 83.7 Å². The van der Waals surface area contributed by atoms with Crippen LogP contribution < -0.4 is 5.32 Å². The predicted octanol–water partition coefficient (Wildman–Crippen LogP) is 5.16. The van der Waals surface area contributed by atoms with E-state index in [2.05, 4.69) is 10.3 Å². The van der Waals surface area contributed by atoms with E-state index in [9.17, 15) is 31.5 Å². The van der Waals surface area contributed by atoms with E-state index in [1.807, 2.05) is 32.0 Å². The van der Waals surface area contributed by atoms with E-state index in [4.69, 9.17) is 5.11 Å². The maximum Gasteiger partial charge on any atom is 0.416 e. The van der Waals surface area contributed by atoms with Gasteiger partial charge >= 0.3 is 12.1 Å². The average Bonchev–Trinajstić information content (AvgIpc) is 2.95. The first kappa shape index (κ1) is 34.2. The molecule has 1 heterocycles. The fourth-order valence-electron chi connectivity index (χ4n) is 4.57. The molecule has 0 aliphatic rings. The number of nitrogens with zero attached hydrogens (tertiary/aromatic N) is 2. The lowest BCUT2D eigenvalue weighted by molar-refractivity contribution is -0.138. The summed E-state index contributed by atoms with van der Waals surface area (Å²) in [5, 5.41) is 22.7. The minimum absolute atomic E-state index is 0.0428. The van der Waals surface area contributed by atoms with Crippen molar-refractivity contribution >= 4 is 16.0 Å². The van der Waals surface area contributed by atoms with Crippen molar-refractivity contribution in [1.29, 1.82) is 0 Å². The van der Waals surface area contributed by atoms with Crippen LogP contribution in [0.25, 0.3) is 11.1 Å². The summed E-state index contributed by atoms with van der Waals surface area (Å²) in [4.78, 5) is 14.6. The van der Waals surface area contributed by atoms with Crippen LogP contribution in [0.5, 0.6) is 0 Å². The number of likely N-dealkylation sites (N-methyl/N-ethyl adjacent to an activating group) is 1. The molecule has 2 aromatic carbocycles. The number of hydrogen-bond donors (Lipinski definition) is 3. The predicted molar refractivity (Wildman–Crippen MR) is 158 cm³/mol. The molecule has 1 atom stereocenters. The van der Waals surface area contributed by atoms with Crippen molar-refractivity contribution in [2.24, 2.45) is 0 Å². The van der Waals surface area contributed by atoms with Crippen molar-refractivity contribution in [2.75, 3.05) is 20.1 Å². The van der Waals surface area contributed by atoms with Gasteiger partial charge in [-0.2, -0.15) is 17.5 Å². The number of aryl methyl sites for hydroxylation is 2. The van der Waals surface area contributed by atoms with E-state index in [1.165, 1.54) is 25.2 Å². The average molecular weight is 622 g/mol. The smallest absolute Gasteiger partial charge is 0.416 e. The Morgan fingerprint density at radius 2 is 1.72 bits per heavy atom. The quantitative estimate of drug-likeness (QED) is 0.215. The second-order valence-corrected chi connectivity index (χ2v) is 13.3. The monoisotopic (exact) mass is 621 g/mol. The third-order valence-corrected chi connectivity index (χ3v) is 8.90. The number of aromatic nitrogens is 1. The largest absolute Gasteiger partial charge is 0.481 e. The summed E-state index contributed by atoms with van der Waals surface area (Å²) in [6.45, 7) is 3.70. The minimum Gasteiger partial charge on any atom is -0.481 e. The molecule has 234 valence electrons. The zero-order valence-corrected chi connectivity index (χ0v) is 25.3. The molecule has 0 fully saturated rings. The number of aliphatic carboxylic acids is 1. The highest BCUT2D eigenvalue weighted by Gasteiger charge is 2.34. The molecule has 0 aliphatic heterocycles. The summed E-state index contributed by atoms with van der Waals surface area (Å²) in [5.41, 5.74) is 0.578. The second kappa shape index (κ2) is 14.4. The van der Waals surface area contributed by atoms with Crippen LogP contribution in [-0.2, 0) is 33.8 Å². The van der Waals surface area contributed by atoms with E-state index >= 15 is 0 Å². The molecular formula is C31H38F3N3O5S. The van der Waals surface area contributed by atoms with Crippen molar-refractivity contribution in [3.8, 4) is 11.1 Å². The number of benzene rings is 2. The van der Waals surface area contributed by atoms with Crippen molar-refractivity contribution in [3.63, 3.8) is 0 Å². The molecule has 1 unspecified atom stereocenters. The Hall–Kier alpha value is -3.32. The molecular weight excluding hydrogens is 583 g/mol. The summed E-state index contributed by atoms with van der Waals surface area (Å²) in [7, 11) is -3.18. The van der Waals surface area contributed by atoms with E-state index in [1.54, 1.807) is 18.3 Å². The molecule has 0 aliphatic carbocycles. The number of carboxylic acids is 1. The van der Waals surface area contributed by atoms with Gasteiger partial charge in [0.2, 0.25) is 10.0 Å². The lowest BCUT2D eigenvalue weighted by atomic mass is 9.96. The molecule has 1 aromatic heterocycles. The summed E-state index contributed by atoms with van der Waals surface area (Å²) in [6, 6.07) is 14.6. The molecule has 3 rings (SSSR count). The number of hydrogen-bond acceptors (Lipinski definition) is 6. The zero-order chi connectivity index (χ0) is 31.8. The van der Waals surface area contributed by atoms with Gasteiger partial charge in [0, 0.05) is 44.0 Å². The summed E-state index contributed by atoms with van der Waals surface area (Å²) in [6.07, 6.45) is -1.59. The molecule has 0 bridgehead atoms. The van der Waals surface area contributed by atoms with Gasteiger partial charge in [-0.15, -0.1) is 0 Å². The Labute approximate surface area is 250 Å². The second-order valence-electron chi connectivity index (χ2n) is 11.2. The highest BCUT2D eigenvalue weighted by atomic mass is 32.2. The topological polar surface area (TPSA) is 120 Å². The molecule has 8 nitrogen and oxygen atoms in total. The maximum atomic E-state index is 13.8. The molecule has 3 aromatic rings. The Bertz CT molecular complexity index is 1460. The number of aliphatic hydroxyl groups is 1. The van der Waals surface area contributed by atoms with Crippen molar-refractivity contribution in [2.45, 2.75) is 68.7 Å². The fourth-order valence-corrected chi connectivity index (χ4v) is 5.85. The molecule has 0 spiro atoms.